The first-order valence-electron chi connectivity index (χ1n) is 9.82. The SMILES string of the molecule is CCC(C)NC(=O)c1ccc(CN=C(N)NCCCN2CCOCC2)cc1.I. The van der Waals surface area contributed by atoms with Crippen molar-refractivity contribution in [3.05, 3.63) is 35.4 Å². The first kappa shape index (κ1) is 24.6. The standard InChI is InChI=1S/C20H33N5O2.HI/c1-3-16(2)24-19(26)18-7-5-17(6-8-18)15-23-20(21)22-9-4-10-25-11-13-27-14-12-25;/h5-8,16H,3-4,9-15H2,1-2H3,(H,24,26)(H3,21,22,23);1H. The van der Waals surface area contributed by atoms with Gasteiger partial charge >= 0.3 is 0 Å². The molecule has 28 heavy (non-hydrogen) atoms. The number of carbonyl (C=O) groups is 1. The number of hydrogen-bond acceptors (Lipinski definition) is 4. The number of benzene rings is 1. The Kier molecular flexibility index (Phi) is 12.1. The number of nitrogens with two attached hydrogens (primary N) is 1. The Morgan fingerprint density at radius 3 is 2.61 bits per heavy atom. The summed E-state index contributed by atoms with van der Waals surface area (Å²) in [5.41, 5.74) is 7.62. The van der Waals surface area contributed by atoms with Crippen molar-refractivity contribution < 1.29 is 9.53 Å². The van der Waals surface area contributed by atoms with E-state index in [2.05, 4.69) is 20.5 Å². The molecule has 1 heterocycles. The Morgan fingerprint density at radius 1 is 1.29 bits per heavy atom. The highest BCUT2D eigenvalue weighted by molar-refractivity contribution is 14.0. The van der Waals surface area contributed by atoms with Gasteiger partial charge < -0.3 is 21.1 Å². The molecule has 0 aliphatic carbocycles. The van der Waals surface area contributed by atoms with E-state index in [4.69, 9.17) is 10.5 Å². The first-order valence-corrected chi connectivity index (χ1v) is 9.82. The topological polar surface area (TPSA) is 92.0 Å². The third-order valence-corrected chi connectivity index (χ3v) is 4.70. The van der Waals surface area contributed by atoms with E-state index in [0.717, 1.165) is 57.8 Å². The van der Waals surface area contributed by atoms with Crippen LogP contribution in [0.4, 0.5) is 0 Å². The van der Waals surface area contributed by atoms with Crippen molar-refractivity contribution in [2.75, 3.05) is 39.4 Å². The summed E-state index contributed by atoms with van der Waals surface area (Å²) in [6.45, 7) is 10.1. The maximum Gasteiger partial charge on any atom is 0.251 e. The van der Waals surface area contributed by atoms with Crippen LogP contribution in [0.5, 0.6) is 0 Å². The minimum absolute atomic E-state index is 0. The molecular weight excluding hydrogens is 469 g/mol. The van der Waals surface area contributed by atoms with Gasteiger partial charge in [-0.3, -0.25) is 9.69 Å². The van der Waals surface area contributed by atoms with Gasteiger partial charge in [0.05, 0.1) is 19.8 Å². The molecular formula is C20H34IN5O2. The third kappa shape index (κ3) is 9.20. The second-order valence-corrected chi connectivity index (χ2v) is 6.92. The van der Waals surface area contributed by atoms with Crippen molar-refractivity contribution in [2.45, 2.75) is 39.3 Å². The summed E-state index contributed by atoms with van der Waals surface area (Å²) < 4.78 is 5.34. The molecule has 1 aromatic carbocycles. The van der Waals surface area contributed by atoms with Gasteiger partial charge in [0.15, 0.2) is 5.96 Å². The minimum atomic E-state index is -0.0409. The number of halogens is 1. The van der Waals surface area contributed by atoms with E-state index in [1.165, 1.54) is 0 Å². The first-order chi connectivity index (χ1) is 13.1. The highest BCUT2D eigenvalue weighted by Crippen LogP contribution is 2.06. The second kappa shape index (κ2) is 13.7. The number of ether oxygens (including phenoxy) is 1. The molecule has 1 aliphatic rings. The number of amides is 1. The lowest BCUT2D eigenvalue weighted by molar-refractivity contribution is 0.0376. The zero-order chi connectivity index (χ0) is 19.5. The number of aliphatic imine (C=N–C) groups is 1. The Labute approximate surface area is 185 Å². The van der Waals surface area contributed by atoms with Crippen LogP contribution in [0.3, 0.4) is 0 Å². The fraction of sp³-hybridized carbons (Fsp3) is 0.600. The largest absolute Gasteiger partial charge is 0.379 e. The van der Waals surface area contributed by atoms with Crippen LogP contribution >= 0.6 is 24.0 Å². The molecule has 0 radical (unpaired) electrons. The van der Waals surface area contributed by atoms with Crippen molar-refractivity contribution in [2.24, 2.45) is 10.7 Å². The molecule has 4 N–H and O–H groups in total. The quantitative estimate of drug-likeness (QED) is 0.208. The van der Waals surface area contributed by atoms with Gasteiger partial charge in [-0.25, -0.2) is 4.99 Å². The molecule has 158 valence electrons. The summed E-state index contributed by atoms with van der Waals surface area (Å²) in [5.74, 6) is 0.413. The Morgan fingerprint density at radius 2 is 1.96 bits per heavy atom. The van der Waals surface area contributed by atoms with Crippen molar-refractivity contribution >= 4 is 35.8 Å². The molecule has 1 aliphatic heterocycles. The molecule has 1 saturated heterocycles. The van der Waals surface area contributed by atoms with Crippen molar-refractivity contribution in [3.8, 4) is 0 Å². The molecule has 0 saturated carbocycles. The monoisotopic (exact) mass is 503 g/mol. The Hall–Kier alpha value is -1.39. The summed E-state index contributed by atoms with van der Waals surface area (Å²) in [6, 6.07) is 7.67. The summed E-state index contributed by atoms with van der Waals surface area (Å²) in [5, 5.41) is 6.12. The Balaban J connectivity index is 0.00000392. The molecule has 1 fully saturated rings. The van der Waals surface area contributed by atoms with Crippen LogP contribution in [0, 0.1) is 0 Å². The molecule has 1 atom stereocenters. The van der Waals surface area contributed by atoms with Gasteiger partial charge in [-0.05, 0) is 44.0 Å². The van der Waals surface area contributed by atoms with Crippen molar-refractivity contribution in [1.29, 1.82) is 0 Å². The van der Waals surface area contributed by atoms with Gasteiger partial charge in [0.1, 0.15) is 0 Å². The second-order valence-electron chi connectivity index (χ2n) is 6.92. The maximum atomic E-state index is 12.1. The van der Waals surface area contributed by atoms with E-state index < -0.39 is 0 Å². The number of nitrogens with zero attached hydrogens (tertiary/aromatic N) is 2. The number of carbonyl (C=O) groups excluding carboxylic acids is 1. The number of rotatable bonds is 9. The van der Waals surface area contributed by atoms with E-state index in [9.17, 15) is 4.79 Å². The molecule has 1 aromatic rings. The minimum Gasteiger partial charge on any atom is -0.379 e. The molecule has 8 heteroatoms. The van der Waals surface area contributed by atoms with Gasteiger partial charge in [-0.15, -0.1) is 24.0 Å². The van der Waals surface area contributed by atoms with E-state index >= 15 is 0 Å². The molecule has 0 aromatic heterocycles. The van der Waals surface area contributed by atoms with Gasteiger partial charge in [0.25, 0.3) is 5.91 Å². The fourth-order valence-corrected chi connectivity index (χ4v) is 2.75. The predicted molar refractivity (Wildman–Crippen MR) is 124 cm³/mol. The smallest absolute Gasteiger partial charge is 0.251 e. The third-order valence-electron chi connectivity index (χ3n) is 4.70. The molecule has 0 spiro atoms. The lowest BCUT2D eigenvalue weighted by Gasteiger charge is -2.26. The average Bonchev–Trinajstić information content (AvgIpc) is 2.70. The lowest BCUT2D eigenvalue weighted by Crippen LogP contribution is -2.39. The Bertz CT molecular complexity index is 603. The van der Waals surface area contributed by atoms with Gasteiger partial charge in [0.2, 0.25) is 0 Å². The van der Waals surface area contributed by atoms with Crippen LogP contribution in [0.25, 0.3) is 0 Å². The van der Waals surface area contributed by atoms with Crippen LogP contribution in [0.15, 0.2) is 29.3 Å². The van der Waals surface area contributed by atoms with Crippen LogP contribution < -0.4 is 16.4 Å². The van der Waals surface area contributed by atoms with Gasteiger partial charge in [-0.2, -0.15) is 0 Å². The maximum absolute atomic E-state index is 12.1. The van der Waals surface area contributed by atoms with E-state index in [0.29, 0.717) is 18.1 Å². The van der Waals surface area contributed by atoms with Crippen molar-refractivity contribution in [1.82, 2.24) is 15.5 Å². The summed E-state index contributed by atoms with van der Waals surface area (Å²) in [7, 11) is 0. The lowest BCUT2D eigenvalue weighted by atomic mass is 10.1. The summed E-state index contributed by atoms with van der Waals surface area (Å²) >= 11 is 0. The highest BCUT2D eigenvalue weighted by Gasteiger charge is 2.09. The fourth-order valence-electron chi connectivity index (χ4n) is 2.75. The molecule has 1 unspecified atom stereocenters. The molecule has 2 rings (SSSR count). The number of nitrogens with one attached hydrogen (secondary N) is 2. The summed E-state index contributed by atoms with van der Waals surface area (Å²) in [6.07, 6.45) is 1.94. The van der Waals surface area contributed by atoms with Crippen LogP contribution in [-0.4, -0.2) is 62.2 Å². The van der Waals surface area contributed by atoms with Gasteiger partial charge in [-0.1, -0.05) is 19.1 Å². The van der Waals surface area contributed by atoms with Crippen LogP contribution in [-0.2, 0) is 11.3 Å². The van der Waals surface area contributed by atoms with Crippen molar-refractivity contribution in [3.63, 3.8) is 0 Å². The highest BCUT2D eigenvalue weighted by atomic mass is 127. The molecule has 0 bridgehead atoms. The van der Waals surface area contributed by atoms with E-state index in [-0.39, 0.29) is 35.9 Å². The van der Waals surface area contributed by atoms with Gasteiger partial charge in [0, 0.05) is 31.2 Å². The normalized spacial score (nSPS) is 16.1. The number of hydrogen-bond donors (Lipinski definition) is 3. The molecule has 1 amide bonds. The number of morpholine rings is 1. The predicted octanol–water partition coefficient (Wildman–Crippen LogP) is 1.96. The van der Waals surface area contributed by atoms with Crippen LogP contribution in [0.1, 0.15) is 42.6 Å². The zero-order valence-corrected chi connectivity index (χ0v) is 19.3. The molecule has 7 nitrogen and oxygen atoms in total. The number of guanidine groups is 1. The zero-order valence-electron chi connectivity index (χ0n) is 16.9. The summed E-state index contributed by atoms with van der Waals surface area (Å²) in [4.78, 5) is 18.8. The van der Waals surface area contributed by atoms with E-state index in [1.54, 1.807) is 0 Å². The van der Waals surface area contributed by atoms with Crippen LogP contribution in [0.2, 0.25) is 0 Å². The average molecular weight is 503 g/mol. The van der Waals surface area contributed by atoms with E-state index in [1.807, 2.05) is 38.1 Å².